The van der Waals surface area contributed by atoms with Gasteiger partial charge in [-0.05, 0) is 30.3 Å². The summed E-state index contributed by atoms with van der Waals surface area (Å²) < 4.78 is 21.1. The van der Waals surface area contributed by atoms with Gasteiger partial charge in [0.2, 0.25) is 0 Å². The molecule has 0 bridgehead atoms. The second-order valence-electron chi connectivity index (χ2n) is 4.69. The van der Waals surface area contributed by atoms with Gasteiger partial charge in [-0.15, -0.1) is 0 Å². The Morgan fingerprint density at radius 3 is 2.70 bits per heavy atom. The minimum absolute atomic E-state index is 0.255. The summed E-state index contributed by atoms with van der Waals surface area (Å²) in [6, 6.07) is 14.1. The lowest BCUT2D eigenvalue weighted by Crippen LogP contribution is -2.02. The number of aromatic nitrogens is 1. The van der Waals surface area contributed by atoms with Gasteiger partial charge >= 0.3 is 0 Å². The number of nitrogen functional groups attached to an aromatic ring is 1. The molecule has 3 rings (SSSR count). The molecule has 20 heavy (non-hydrogen) atoms. The molecule has 0 radical (unpaired) electrons. The molecule has 0 atom stereocenters. The molecule has 3 nitrogen and oxygen atoms in total. The molecular weight excluding hydrogens is 255 g/mol. The van der Waals surface area contributed by atoms with E-state index in [1.165, 1.54) is 6.07 Å². The predicted molar refractivity (Wildman–Crippen MR) is 78.1 cm³/mol. The van der Waals surface area contributed by atoms with Crippen LogP contribution in [0.25, 0.3) is 10.9 Å². The Hall–Kier alpha value is -2.49. The summed E-state index contributed by atoms with van der Waals surface area (Å²) in [6.45, 7) is 0.297. The van der Waals surface area contributed by atoms with Crippen LogP contribution >= 0.6 is 0 Å². The molecule has 1 heterocycles. The van der Waals surface area contributed by atoms with Crippen molar-refractivity contribution in [2.75, 3.05) is 5.73 Å². The SMILES string of the molecule is Cn1c(COc2ccccc2F)cc2c(N)cccc21. The fourth-order valence-corrected chi connectivity index (χ4v) is 2.29. The molecule has 0 spiro atoms. The standard InChI is InChI=1S/C16H15FN2O/c1-19-11(9-12-14(18)6-4-7-15(12)19)10-20-16-8-3-2-5-13(16)17/h2-9H,10,18H2,1H3. The Labute approximate surface area is 116 Å². The molecule has 0 fully saturated rings. The van der Waals surface area contributed by atoms with Crippen molar-refractivity contribution in [3.63, 3.8) is 0 Å². The van der Waals surface area contributed by atoms with Crippen molar-refractivity contribution < 1.29 is 9.13 Å². The molecule has 0 saturated heterocycles. The summed E-state index contributed by atoms with van der Waals surface area (Å²) in [6.07, 6.45) is 0. The van der Waals surface area contributed by atoms with Crippen LogP contribution in [0.2, 0.25) is 0 Å². The van der Waals surface area contributed by atoms with Crippen LogP contribution in [0, 0.1) is 5.82 Å². The van der Waals surface area contributed by atoms with E-state index < -0.39 is 0 Å². The summed E-state index contributed by atoms with van der Waals surface area (Å²) in [7, 11) is 1.95. The monoisotopic (exact) mass is 270 g/mol. The average molecular weight is 270 g/mol. The Kier molecular flexibility index (Phi) is 3.06. The number of anilines is 1. The van der Waals surface area contributed by atoms with Crippen molar-refractivity contribution in [2.45, 2.75) is 6.61 Å². The minimum Gasteiger partial charge on any atom is -0.484 e. The zero-order valence-electron chi connectivity index (χ0n) is 11.1. The topological polar surface area (TPSA) is 40.2 Å². The molecule has 0 aliphatic carbocycles. The molecule has 0 saturated carbocycles. The number of hydrogen-bond donors (Lipinski definition) is 1. The van der Waals surface area contributed by atoms with Crippen LogP contribution in [0.15, 0.2) is 48.5 Å². The van der Waals surface area contributed by atoms with Gasteiger partial charge < -0.3 is 15.0 Å². The number of halogens is 1. The van der Waals surface area contributed by atoms with Gasteiger partial charge in [-0.2, -0.15) is 0 Å². The number of aryl methyl sites for hydroxylation is 1. The second-order valence-corrected chi connectivity index (χ2v) is 4.69. The van der Waals surface area contributed by atoms with Gasteiger partial charge in [0, 0.05) is 18.1 Å². The van der Waals surface area contributed by atoms with E-state index in [4.69, 9.17) is 10.5 Å². The number of nitrogens with zero attached hydrogens (tertiary/aromatic N) is 1. The maximum atomic E-state index is 13.5. The molecule has 2 N–H and O–H groups in total. The van der Waals surface area contributed by atoms with E-state index >= 15 is 0 Å². The van der Waals surface area contributed by atoms with Crippen molar-refractivity contribution in [2.24, 2.45) is 7.05 Å². The number of para-hydroxylation sites is 1. The molecule has 0 unspecified atom stereocenters. The fourth-order valence-electron chi connectivity index (χ4n) is 2.29. The third kappa shape index (κ3) is 2.09. The highest BCUT2D eigenvalue weighted by molar-refractivity contribution is 5.92. The third-order valence-corrected chi connectivity index (χ3v) is 3.43. The van der Waals surface area contributed by atoms with Crippen LogP contribution in [-0.4, -0.2) is 4.57 Å². The van der Waals surface area contributed by atoms with Gasteiger partial charge in [0.05, 0.1) is 11.2 Å². The Morgan fingerprint density at radius 2 is 1.95 bits per heavy atom. The number of rotatable bonds is 3. The lowest BCUT2D eigenvalue weighted by molar-refractivity contribution is 0.283. The highest BCUT2D eigenvalue weighted by Crippen LogP contribution is 2.25. The van der Waals surface area contributed by atoms with Gasteiger partial charge in [0.25, 0.3) is 0 Å². The minimum atomic E-state index is -0.356. The van der Waals surface area contributed by atoms with E-state index in [9.17, 15) is 4.39 Å². The number of ether oxygens (including phenoxy) is 1. The Balaban J connectivity index is 1.90. The summed E-state index contributed by atoms with van der Waals surface area (Å²) in [5.41, 5.74) is 8.67. The summed E-state index contributed by atoms with van der Waals surface area (Å²) in [4.78, 5) is 0. The maximum absolute atomic E-state index is 13.5. The quantitative estimate of drug-likeness (QED) is 0.740. The first-order valence-electron chi connectivity index (χ1n) is 6.37. The van der Waals surface area contributed by atoms with Crippen LogP contribution in [0.5, 0.6) is 5.75 Å². The average Bonchev–Trinajstić information content (AvgIpc) is 2.77. The summed E-state index contributed by atoms with van der Waals surface area (Å²) in [5, 5.41) is 0.988. The smallest absolute Gasteiger partial charge is 0.165 e. The van der Waals surface area contributed by atoms with Gasteiger partial charge in [0.15, 0.2) is 11.6 Å². The van der Waals surface area contributed by atoms with Crippen molar-refractivity contribution in [3.8, 4) is 5.75 Å². The van der Waals surface area contributed by atoms with E-state index in [2.05, 4.69) is 0 Å². The van der Waals surface area contributed by atoms with Crippen molar-refractivity contribution in [1.82, 2.24) is 4.57 Å². The number of nitrogens with two attached hydrogens (primary N) is 1. The number of hydrogen-bond acceptors (Lipinski definition) is 2. The van der Waals surface area contributed by atoms with Crippen LogP contribution in [0.1, 0.15) is 5.69 Å². The van der Waals surface area contributed by atoms with E-state index in [1.807, 2.05) is 35.9 Å². The fraction of sp³-hybridized carbons (Fsp3) is 0.125. The molecule has 0 aliphatic rings. The van der Waals surface area contributed by atoms with E-state index in [1.54, 1.807) is 18.2 Å². The summed E-state index contributed by atoms with van der Waals surface area (Å²) >= 11 is 0. The molecule has 102 valence electrons. The predicted octanol–water partition coefficient (Wildman–Crippen LogP) is 3.48. The third-order valence-electron chi connectivity index (χ3n) is 3.43. The largest absolute Gasteiger partial charge is 0.484 e. The zero-order chi connectivity index (χ0) is 14.1. The highest BCUT2D eigenvalue weighted by Gasteiger charge is 2.09. The highest BCUT2D eigenvalue weighted by atomic mass is 19.1. The second kappa shape index (κ2) is 4.89. The Bertz CT molecular complexity index is 764. The van der Waals surface area contributed by atoms with Crippen LogP contribution in [0.4, 0.5) is 10.1 Å². The molecule has 1 aromatic heterocycles. The van der Waals surface area contributed by atoms with Gasteiger partial charge in [-0.25, -0.2) is 4.39 Å². The lowest BCUT2D eigenvalue weighted by Gasteiger charge is -2.08. The molecule has 3 aromatic rings. The molecule has 4 heteroatoms. The zero-order valence-corrected chi connectivity index (χ0v) is 11.1. The van der Waals surface area contributed by atoms with Crippen LogP contribution < -0.4 is 10.5 Å². The first-order chi connectivity index (χ1) is 9.66. The molecule has 2 aromatic carbocycles. The van der Waals surface area contributed by atoms with Crippen molar-refractivity contribution in [1.29, 1.82) is 0 Å². The number of benzene rings is 2. The Morgan fingerprint density at radius 1 is 1.15 bits per heavy atom. The normalized spacial score (nSPS) is 10.9. The maximum Gasteiger partial charge on any atom is 0.165 e. The van der Waals surface area contributed by atoms with Crippen molar-refractivity contribution >= 4 is 16.6 Å². The van der Waals surface area contributed by atoms with E-state index in [0.717, 1.165) is 22.3 Å². The van der Waals surface area contributed by atoms with Gasteiger partial charge in [-0.1, -0.05) is 18.2 Å². The summed E-state index contributed by atoms with van der Waals surface area (Å²) in [5.74, 6) is -0.100. The lowest BCUT2D eigenvalue weighted by atomic mass is 10.2. The molecular formula is C16H15FN2O. The molecule has 0 aliphatic heterocycles. The van der Waals surface area contributed by atoms with Crippen molar-refractivity contribution in [3.05, 3.63) is 60.0 Å². The first kappa shape index (κ1) is 12.5. The number of fused-ring (bicyclic) bond motifs is 1. The van der Waals surface area contributed by atoms with E-state index in [-0.39, 0.29) is 11.6 Å². The first-order valence-corrected chi connectivity index (χ1v) is 6.37. The van der Waals surface area contributed by atoms with Gasteiger partial charge in [-0.3, -0.25) is 0 Å². The van der Waals surface area contributed by atoms with Crippen LogP contribution in [-0.2, 0) is 13.7 Å². The van der Waals surface area contributed by atoms with Gasteiger partial charge in [0.1, 0.15) is 6.61 Å². The van der Waals surface area contributed by atoms with E-state index in [0.29, 0.717) is 6.61 Å². The molecule has 0 amide bonds. The van der Waals surface area contributed by atoms with Crippen LogP contribution in [0.3, 0.4) is 0 Å².